The molecular weight excluding hydrogens is 461 g/mol. The molecule has 1 aromatic heterocycles. The van der Waals surface area contributed by atoms with Crippen molar-refractivity contribution in [1.82, 2.24) is 9.55 Å². The van der Waals surface area contributed by atoms with E-state index in [0.717, 1.165) is 17.7 Å². The van der Waals surface area contributed by atoms with Gasteiger partial charge in [-0.1, -0.05) is 0 Å². The number of anilines is 1. The van der Waals surface area contributed by atoms with E-state index in [4.69, 9.17) is 34.2 Å². The zero-order chi connectivity index (χ0) is 25.3. The minimum Gasteiger partial charge on any atom is -0.457 e. The van der Waals surface area contributed by atoms with E-state index in [0.29, 0.717) is 0 Å². The quantitative estimate of drug-likeness (QED) is 0.415. The van der Waals surface area contributed by atoms with Crippen LogP contribution in [0.5, 0.6) is 0 Å². The highest BCUT2D eigenvalue weighted by Crippen LogP contribution is 2.37. The number of esters is 3. The third kappa shape index (κ3) is 5.34. The molecule has 2 fully saturated rings. The summed E-state index contributed by atoms with van der Waals surface area (Å²) < 4.78 is 48.3. The number of aromatic nitrogens is 2. The van der Waals surface area contributed by atoms with Gasteiger partial charge in [-0.15, -0.1) is 0 Å². The number of carbonyl (C=O) groups is 3. The Hall–Kier alpha value is -3.10. The van der Waals surface area contributed by atoms with Crippen molar-refractivity contribution in [2.45, 2.75) is 83.8 Å². The Morgan fingerprint density at radius 2 is 1.44 bits per heavy atom. The first-order valence-electron chi connectivity index (χ1n) is 10.4. The van der Waals surface area contributed by atoms with Crippen molar-refractivity contribution >= 4 is 23.7 Å². The molecule has 0 bridgehead atoms. The topological polar surface area (TPSA) is 167 Å². The highest BCUT2D eigenvalue weighted by Gasteiger charge is 2.54. The van der Waals surface area contributed by atoms with Crippen molar-refractivity contribution in [2.75, 3.05) is 5.73 Å². The lowest BCUT2D eigenvalue weighted by atomic mass is 10.1. The highest BCUT2D eigenvalue weighted by atomic mass is 19.1. The summed E-state index contributed by atoms with van der Waals surface area (Å²) in [5.74, 6) is -3.59. The molecule has 3 rings (SSSR count). The summed E-state index contributed by atoms with van der Waals surface area (Å²) in [4.78, 5) is 50.8. The second kappa shape index (κ2) is 10.0. The van der Waals surface area contributed by atoms with Gasteiger partial charge in [0, 0.05) is 20.8 Å². The third-order valence-corrected chi connectivity index (χ3v) is 5.23. The van der Waals surface area contributed by atoms with Gasteiger partial charge in [0.1, 0.15) is 6.10 Å². The van der Waals surface area contributed by atoms with Crippen LogP contribution in [-0.4, -0.2) is 70.4 Å². The Balaban J connectivity index is 1.98. The SMILES string of the molecule is CC(=O)O[C@H]1[C@H](O[C@@H]2[C@H](OC(C)=O)[C@@H](C)O[C@H]2n2cc(F)c(N)nc2=O)O[C@H](C)[C@H]1OC(C)=O. The monoisotopic (exact) mass is 487 g/mol. The van der Waals surface area contributed by atoms with E-state index in [-0.39, 0.29) is 0 Å². The molecule has 3 heterocycles. The van der Waals surface area contributed by atoms with Gasteiger partial charge in [-0.05, 0) is 13.8 Å². The van der Waals surface area contributed by atoms with Crippen LogP contribution in [0.1, 0.15) is 40.8 Å². The van der Waals surface area contributed by atoms with Crippen LogP contribution in [0, 0.1) is 5.82 Å². The van der Waals surface area contributed by atoms with E-state index in [2.05, 4.69) is 4.98 Å². The van der Waals surface area contributed by atoms with E-state index >= 15 is 0 Å². The van der Waals surface area contributed by atoms with Gasteiger partial charge in [0.15, 0.2) is 42.5 Å². The first-order valence-corrected chi connectivity index (χ1v) is 10.4. The summed E-state index contributed by atoms with van der Waals surface area (Å²) in [6.45, 7) is 6.63. The van der Waals surface area contributed by atoms with Crippen LogP contribution in [0.25, 0.3) is 0 Å². The molecule has 0 aliphatic carbocycles. The highest BCUT2D eigenvalue weighted by molar-refractivity contribution is 5.67. The first kappa shape index (κ1) is 25.5. The van der Waals surface area contributed by atoms with Gasteiger partial charge in [0.25, 0.3) is 0 Å². The van der Waals surface area contributed by atoms with E-state index in [1.807, 2.05) is 0 Å². The van der Waals surface area contributed by atoms with Gasteiger partial charge in [-0.3, -0.25) is 19.0 Å². The van der Waals surface area contributed by atoms with Gasteiger partial charge < -0.3 is 34.2 Å². The maximum Gasteiger partial charge on any atom is 0.351 e. The van der Waals surface area contributed by atoms with Crippen molar-refractivity contribution < 1.29 is 47.2 Å². The smallest absolute Gasteiger partial charge is 0.351 e. The number of ether oxygens (including phenoxy) is 6. The summed E-state index contributed by atoms with van der Waals surface area (Å²) in [6, 6.07) is 0. The average Bonchev–Trinajstić information content (AvgIpc) is 3.15. The summed E-state index contributed by atoms with van der Waals surface area (Å²) in [7, 11) is 0. The zero-order valence-corrected chi connectivity index (χ0v) is 19.1. The molecule has 2 aliphatic rings. The van der Waals surface area contributed by atoms with Crippen molar-refractivity contribution in [1.29, 1.82) is 0 Å². The second-order valence-corrected chi connectivity index (χ2v) is 7.93. The predicted molar refractivity (Wildman–Crippen MR) is 108 cm³/mol. The lowest BCUT2D eigenvalue weighted by molar-refractivity contribution is -0.226. The van der Waals surface area contributed by atoms with E-state index < -0.39 is 84.4 Å². The summed E-state index contributed by atoms with van der Waals surface area (Å²) in [6.07, 6.45) is -7.91. The molecule has 0 unspecified atom stereocenters. The molecule has 0 spiro atoms. The number of nitrogen functional groups attached to an aromatic ring is 1. The van der Waals surface area contributed by atoms with Gasteiger partial charge in [-0.2, -0.15) is 4.98 Å². The third-order valence-electron chi connectivity index (χ3n) is 5.23. The predicted octanol–water partition coefficient (Wildman–Crippen LogP) is -0.193. The Kier molecular flexibility index (Phi) is 7.53. The van der Waals surface area contributed by atoms with Crippen LogP contribution >= 0.6 is 0 Å². The Morgan fingerprint density at radius 1 is 0.941 bits per heavy atom. The Bertz CT molecular complexity index is 1020. The van der Waals surface area contributed by atoms with Crippen LogP contribution < -0.4 is 11.4 Å². The van der Waals surface area contributed by atoms with Gasteiger partial charge in [0.05, 0.1) is 18.4 Å². The van der Waals surface area contributed by atoms with Crippen molar-refractivity contribution in [3.63, 3.8) is 0 Å². The standard InChI is InChI=1S/C20H26FN3O10/c1-7-13(31-9(3)25)15(18(29-7)24-6-12(21)17(22)23-20(24)28)34-19-16(33-11(5)27)14(8(2)30-19)32-10(4)26/h6-8,13-16,18-19H,1-5H3,(H2,22,23,28)/t7-,8-,13-,14-,15-,16-,18-,19+/m1/s1. The molecule has 0 amide bonds. The Labute approximate surface area is 193 Å². The number of hydrogen-bond donors (Lipinski definition) is 1. The molecule has 13 nitrogen and oxygen atoms in total. The molecule has 8 atom stereocenters. The first-order chi connectivity index (χ1) is 15.9. The number of rotatable bonds is 6. The van der Waals surface area contributed by atoms with Crippen LogP contribution in [0.15, 0.2) is 11.0 Å². The maximum atomic E-state index is 14.1. The summed E-state index contributed by atoms with van der Waals surface area (Å²) >= 11 is 0. The van der Waals surface area contributed by atoms with Crippen LogP contribution in [0.3, 0.4) is 0 Å². The number of hydrogen-bond acceptors (Lipinski definition) is 12. The molecule has 0 saturated carbocycles. The number of halogens is 1. The number of nitrogens with zero attached hydrogens (tertiary/aromatic N) is 2. The molecule has 14 heteroatoms. The molecule has 34 heavy (non-hydrogen) atoms. The zero-order valence-electron chi connectivity index (χ0n) is 19.1. The fourth-order valence-corrected chi connectivity index (χ4v) is 3.89. The fraction of sp³-hybridized carbons (Fsp3) is 0.650. The summed E-state index contributed by atoms with van der Waals surface area (Å²) in [5.41, 5.74) is 4.42. The van der Waals surface area contributed by atoms with Gasteiger partial charge in [-0.25, -0.2) is 9.18 Å². The van der Waals surface area contributed by atoms with Crippen LogP contribution in [0.4, 0.5) is 10.2 Å². The van der Waals surface area contributed by atoms with Crippen molar-refractivity contribution in [3.05, 3.63) is 22.5 Å². The van der Waals surface area contributed by atoms with E-state index in [1.165, 1.54) is 13.8 Å². The molecule has 1 aromatic rings. The molecule has 2 aliphatic heterocycles. The normalized spacial score (nSPS) is 32.9. The van der Waals surface area contributed by atoms with Crippen LogP contribution in [-0.2, 0) is 42.8 Å². The number of carbonyl (C=O) groups excluding carboxylic acids is 3. The molecule has 2 saturated heterocycles. The van der Waals surface area contributed by atoms with Gasteiger partial charge in [0.2, 0.25) is 0 Å². The van der Waals surface area contributed by atoms with Crippen LogP contribution in [0.2, 0.25) is 0 Å². The molecule has 0 aromatic carbocycles. The Morgan fingerprint density at radius 3 is 2.00 bits per heavy atom. The number of nitrogens with two attached hydrogens (primary N) is 1. The lowest BCUT2D eigenvalue weighted by Gasteiger charge is -2.29. The van der Waals surface area contributed by atoms with E-state index in [9.17, 15) is 23.6 Å². The fourth-order valence-electron chi connectivity index (χ4n) is 3.89. The summed E-state index contributed by atoms with van der Waals surface area (Å²) in [5, 5.41) is 0. The molecular formula is C20H26FN3O10. The minimum atomic E-state index is -1.32. The van der Waals surface area contributed by atoms with Crippen molar-refractivity contribution in [2.24, 2.45) is 0 Å². The average molecular weight is 487 g/mol. The van der Waals surface area contributed by atoms with Gasteiger partial charge >= 0.3 is 23.6 Å². The minimum absolute atomic E-state index is 0.603. The molecule has 2 N–H and O–H groups in total. The van der Waals surface area contributed by atoms with E-state index in [1.54, 1.807) is 13.8 Å². The molecule has 0 radical (unpaired) electrons. The van der Waals surface area contributed by atoms with Crippen molar-refractivity contribution in [3.8, 4) is 0 Å². The lowest BCUT2D eigenvalue weighted by Crippen LogP contribution is -2.46. The largest absolute Gasteiger partial charge is 0.457 e. The second-order valence-electron chi connectivity index (χ2n) is 7.93. The molecule has 188 valence electrons. The maximum absolute atomic E-state index is 14.1.